The highest BCUT2D eigenvalue weighted by molar-refractivity contribution is 7.18. The Kier molecular flexibility index (Phi) is 6.34. The van der Waals surface area contributed by atoms with Gasteiger partial charge in [0, 0.05) is 16.6 Å². The lowest BCUT2D eigenvalue weighted by Gasteiger charge is -2.13. The zero-order chi connectivity index (χ0) is 27.1. The van der Waals surface area contributed by atoms with Crippen molar-refractivity contribution in [2.75, 3.05) is 0 Å². The molecule has 4 aromatic heterocycles. The van der Waals surface area contributed by atoms with E-state index in [4.69, 9.17) is 11.6 Å². The van der Waals surface area contributed by atoms with E-state index in [0.717, 1.165) is 38.1 Å². The van der Waals surface area contributed by atoms with Gasteiger partial charge in [-0.2, -0.15) is 0 Å². The molecule has 0 saturated heterocycles. The van der Waals surface area contributed by atoms with Crippen LogP contribution in [0, 0.1) is 0 Å². The van der Waals surface area contributed by atoms with Crippen LogP contribution in [0.5, 0.6) is 0 Å². The van der Waals surface area contributed by atoms with Crippen molar-refractivity contribution in [3.8, 4) is 28.3 Å². The number of hydrogen-bond donors (Lipinski definition) is 1. The molecule has 0 fully saturated rings. The Morgan fingerprint density at radius 1 is 1.00 bits per heavy atom. The summed E-state index contributed by atoms with van der Waals surface area (Å²) in [5.74, 6) is -0.0647. The molecule has 9 nitrogen and oxygen atoms in total. The zero-order valence-electron chi connectivity index (χ0n) is 20.6. The topological polar surface area (TPSA) is 116 Å². The number of thiophene rings is 1. The van der Waals surface area contributed by atoms with Crippen LogP contribution in [0.1, 0.15) is 17.4 Å². The van der Waals surface area contributed by atoms with Gasteiger partial charge in [-0.15, -0.1) is 11.3 Å². The van der Waals surface area contributed by atoms with Gasteiger partial charge in [0.1, 0.15) is 10.6 Å². The van der Waals surface area contributed by atoms with Crippen LogP contribution in [0.4, 0.5) is 0 Å². The minimum Gasteiger partial charge on any atom is -0.296 e. The summed E-state index contributed by atoms with van der Waals surface area (Å²) in [6, 6.07) is 20.3. The van der Waals surface area contributed by atoms with Gasteiger partial charge in [0.25, 0.3) is 5.56 Å². The Morgan fingerprint density at radius 3 is 2.44 bits per heavy atom. The molecule has 0 atom stereocenters. The second-order valence-corrected chi connectivity index (χ2v) is 10.4. The van der Waals surface area contributed by atoms with Gasteiger partial charge in [-0.25, -0.2) is 19.1 Å². The van der Waals surface area contributed by atoms with Crippen LogP contribution in [0.3, 0.4) is 0 Å². The number of halogens is 1. The molecule has 0 saturated carbocycles. The first-order valence-electron chi connectivity index (χ1n) is 12.1. The van der Waals surface area contributed by atoms with Gasteiger partial charge >= 0.3 is 11.4 Å². The number of aromatic amines is 1. The summed E-state index contributed by atoms with van der Waals surface area (Å²) in [6.07, 6.45) is 2.16. The van der Waals surface area contributed by atoms with Crippen molar-refractivity contribution in [1.82, 2.24) is 24.3 Å². The van der Waals surface area contributed by atoms with Crippen molar-refractivity contribution in [1.29, 1.82) is 0 Å². The minimum absolute atomic E-state index is 0.215. The predicted octanol–water partition coefficient (Wildman–Crippen LogP) is 4.88. The summed E-state index contributed by atoms with van der Waals surface area (Å²) in [7, 11) is 0. The number of hydrogen-bond acceptors (Lipinski definition) is 7. The Bertz CT molecular complexity index is 2000. The molecule has 0 aliphatic heterocycles. The molecule has 39 heavy (non-hydrogen) atoms. The first kappa shape index (κ1) is 24.8. The fraction of sp³-hybridized carbons (Fsp3) is 0.107. The maximum absolute atomic E-state index is 13.7. The zero-order valence-corrected chi connectivity index (χ0v) is 22.1. The third-order valence-corrected chi connectivity index (χ3v) is 7.91. The SMILES string of the molecule is CCc1cc2c(=O)n(-c3ccc(Cl)cn3)c(=O)n(Cc3ccc(-c4ccccc4-c4noc(=O)[nH]4)cc3)c2s1. The van der Waals surface area contributed by atoms with E-state index >= 15 is 0 Å². The molecule has 2 aromatic carbocycles. The number of nitrogens with zero attached hydrogens (tertiary/aromatic N) is 4. The molecule has 194 valence electrons. The van der Waals surface area contributed by atoms with Crippen molar-refractivity contribution >= 4 is 33.2 Å². The van der Waals surface area contributed by atoms with Crippen molar-refractivity contribution < 1.29 is 4.52 Å². The van der Waals surface area contributed by atoms with Crippen LogP contribution in [0.15, 0.2) is 91.8 Å². The van der Waals surface area contributed by atoms with Crippen LogP contribution in [0.25, 0.3) is 38.5 Å². The van der Waals surface area contributed by atoms with E-state index in [-0.39, 0.29) is 12.4 Å². The third kappa shape index (κ3) is 4.53. The Labute approximate surface area is 229 Å². The lowest BCUT2D eigenvalue weighted by Crippen LogP contribution is -2.39. The first-order chi connectivity index (χ1) is 18.9. The second-order valence-electron chi connectivity index (χ2n) is 8.82. The number of H-pyrrole nitrogens is 1. The van der Waals surface area contributed by atoms with Crippen molar-refractivity contribution in [2.24, 2.45) is 0 Å². The number of aryl methyl sites for hydroxylation is 1. The standard InChI is InChI=1S/C28H20ClN5O4S/c1-2-19-13-22-25(35)34(23-12-11-18(29)14-30-23)28(37)33(26(22)39-19)15-16-7-9-17(10-8-16)20-5-3-4-6-21(20)24-31-27(36)38-32-24/h3-14H,2,15H2,1H3,(H,31,32,36). The molecule has 0 aliphatic rings. The molecule has 6 aromatic rings. The lowest BCUT2D eigenvalue weighted by molar-refractivity contribution is 0.388. The molecule has 0 amide bonds. The summed E-state index contributed by atoms with van der Waals surface area (Å²) < 4.78 is 7.38. The molecule has 6 rings (SSSR count). The van der Waals surface area contributed by atoms with Crippen LogP contribution in [0.2, 0.25) is 5.02 Å². The number of rotatable bonds is 6. The highest BCUT2D eigenvalue weighted by Crippen LogP contribution is 2.30. The number of aromatic nitrogens is 5. The fourth-order valence-electron chi connectivity index (χ4n) is 4.48. The van der Waals surface area contributed by atoms with E-state index in [0.29, 0.717) is 21.1 Å². The largest absolute Gasteiger partial charge is 0.439 e. The van der Waals surface area contributed by atoms with E-state index in [1.54, 1.807) is 16.7 Å². The van der Waals surface area contributed by atoms with Gasteiger partial charge in [0.05, 0.1) is 17.0 Å². The molecule has 0 spiro atoms. The van der Waals surface area contributed by atoms with E-state index < -0.39 is 17.0 Å². The third-order valence-electron chi connectivity index (χ3n) is 6.38. The molecule has 0 bridgehead atoms. The van der Waals surface area contributed by atoms with Crippen molar-refractivity contribution in [2.45, 2.75) is 19.9 Å². The summed E-state index contributed by atoms with van der Waals surface area (Å²) in [4.78, 5) is 47.0. The summed E-state index contributed by atoms with van der Waals surface area (Å²) in [5, 5.41) is 4.70. The second kappa shape index (κ2) is 9.97. The van der Waals surface area contributed by atoms with Crippen LogP contribution in [-0.4, -0.2) is 24.3 Å². The van der Waals surface area contributed by atoms with Gasteiger partial charge in [-0.3, -0.25) is 18.9 Å². The summed E-state index contributed by atoms with van der Waals surface area (Å²) >= 11 is 7.42. The summed E-state index contributed by atoms with van der Waals surface area (Å²) in [6.45, 7) is 2.27. The maximum atomic E-state index is 13.7. The van der Waals surface area contributed by atoms with Crippen LogP contribution >= 0.6 is 22.9 Å². The van der Waals surface area contributed by atoms with E-state index in [1.807, 2.05) is 61.5 Å². The highest BCUT2D eigenvalue weighted by atomic mass is 35.5. The number of fused-ring (bicyclic) bond motifs is 1. The number of nitrogens with one attached hydrogen (secondary N) is 1. The Hall–Kier alpha value is -4.54. The van der Waals surface area contributed by atoms with E-state index in [1.165, 1.54) is 17.5 Å². The highest BCUT2D eigenvalue weighted by Gasteiger charge is 2.19. The molecule has 1 N–H and O–H groups in total. The summed E-state index contributed by atoms with van der Waals surface area (Å²) in [5.41, 5.74) is 2.47. The van der Waals surface area contributed by atoms with Crippen molar-refractivity contribution in [3.63, 3.8) is 0 Å². The maximum Gasteiger partial charge on any atom is 0.439 e. The smallest absolute Gasteiger partial charge is 0.296 e. The van der Waals surface area contributed by atoms with Gasteiger partial charge in [-0.05, 0) is 41.3 Å². The first-order valence-corrected chi connectivity index (χ1v) is 13.3. The Balaban J connectivity index is 1.43. The minimum atomic E-state index is -0.623. The molecule has 0 aliphatic carbocycles. The number of pyridine rings is 1. The van der Waals surface area contributed by atoms with Gasteiger partial charge in [0.15, 0.2) is 5.82 Å². The molecular formula is C28H20ClN5O4S. The lowest BCUT2D eigenvalue weighted by atomic mass is 9.98. The quantitative estimate of drug-likeness (QED) is 0.312. The fourth-order valence-corrected chi connectivity index (χ4v) is 5.67. The molecule has 0 unspecified atom stereocenters. The van der Waals surface area contributed by atoms with Crippen LogP contribution < -0.4 is 17.0 Å². The van der Waals surface area contributed by atoms with E-state index in [9.17, 15) is 14.4 Å². The molecular weight excluding hydrogens is 538 g/mol. The average Bonchev–Trinajstić information content (AvgIpc) is 3.59. The number of benzene rings is 2. The predicted molar refractivity (Wildman–Crippen MR) is 151 cm³/mol. The monoisotopic (exact) mass is 557 g/mol. The van der Waals surface area contributed by atoms with Crippen LogP contribution in [-0.2, 0) is 13.0 Å². The van der Waals surface area contributed by atoms with Gasteiger partial charge in [-0.1, -0.05) is 72.2 Å². The molecule has 0 radical (unpaired) electrons. The van der Waals surface area contributed by atoms with Crippen molar-refractivity contribution in [3.05, 3.63) is 120 Å². The molecule has 4 heterocycles. The average molecular weight is 558 g/mol. The normalized spacial score (nSPS) is 11.3. The van der Waals surface area contributed by atoms with E-state index in [2.05, 4.69) is 19.6 Å². The van der Waals surface area contributed by atoms with Gasteiger partial charge in [0.2, 0.25) is 0 Å². The molecule has 11 heteroatoms. The van der Waals surface area contributed by atoms with Gasteiger partial charge < -0.3 is 0 Å². The Morgan fingerprint density at radius 2 is 1.77 bits per heavy atom.